The molecule has 0 spiro atoms. The number of hydrogen-bond donors (Lipinski definition) is 0. The normalized spacial score (nSPS) is 12.8. The molecule has 3 heteroatoms. The van der Waals surface area contributed by atoms with Crippen LogP contribution in [0.3, 0.4) is 0 Å². The Hall–Kier alpha value is 0.0600. The number of rotatable bonds is 8. The van der Waals surface area contributed by atoms with Crippen molar-refractivity contribution >= 4 is 15.5 Å². The first-order valence-electron chi connectivity index (χ1n) is 4.62. The van der Waals surface area contributed by atoms with Crippen molar-refractivity contribution in [2.75, 3.05) is 12.8 Å². The number of unbranched alkanes of at least 4 members (excludes halogenated alkanes) is 2. The third kappa shape index (κ3) is 6.75. The number of carbonyl (C=O) groups excluding carboxylic acids is 1. The van der Waals surface area contributed by atoms with E-state index < -0.39 is 0 Å². The molecular weight excluding hydrogens is 171 g/mol. The quantitative estimate of drug-likeness (QED) is 0.332. The number of carbonyl (C=O) groups is 1. The van der Waals surface area contributed by atoms with Crippen molar-refractivity contribution in [2.45, 2.75) is 38.7 Å². The molecule has 72 valence electrons. The molecule has 0 bridgehead atoms. The van der Waals surface area contributed by atoms with E-state index in [-0.39, 0.29) is 6.10 Å². The molecule has 0 amide bonds. The summed E-state index contributed by atoms with van der Waals surface area (Å²) in [6.45, 7) is 2.55. The van der Waals surface area contributed by atoms with E-state index >= 15 is 0 Å². The maximum atomic E-state index is 10.4. The second kappa shape index (κ2) is 9.15. The first kappa shape index (κ1) is 12.1. The van der Waals surface area contributed by atoms with Gasteiger partial charge in [-0.1, -0.05) is 12.8 Å². The second-order valence-electron chi connectivity index (χ2n) is 2.77. The van der Waals surface area contributed by atoms with E-state index in [2.05, 4.69) is 9.24 Å². The van der Waals surface area contributed by atoms with E-state index in [4.69, 9.17) is 4.74 Å². The Labute approximate surface area is 77.3 Å². The summed E-state index contributed by atoms with van der Waals surface area (Å²) in [7, 11) is 2.71. The van der Waals surface area contributed by atoms with E-state index in [1.807, 2.05) is 6.92 Å². The van der Waals surface area contributed by atoms with Crippen LogP contribution in [-0.2, 0) is 9.53 Å². The third-order valence-corrected chi connectivity index (χ3v) is 2.13. The predicted molar refractivity (Wildman–Crippen MR) is 54.5 cm³/mol. The van der Waals surface area contributed by atoms with Crippen LogP contribution < -0.4 is 0 Å². The summed E-state index contributed by atoms with van der Waals surface area (Å²) in [5.74, 6) is 0. The van der Waals surface area contributed by atoms with Gasteiger partial charge in [0.15, 0.2) is 0 Å². The Morgan fingerprint density at radius 2 is 2.17 bits per heavy atom. The highest BCUT2D eigenvalue weighted by Crippen LogP contribution is 2.06. The van der Waals surface area contributed by atoms with E-state index in [0.717, 1.165) is 25.3 Å². The zero-order valence-electron chi connectivity index (χ0n) is 7.79. The van der Waals surface area contributed by atoms with Crippen molar-refractivity contribution in [2.24, 2.45) is 0 Å². The zero-order chi connectivity index (χ0) is 9.23. The van der Waals surface area contributed by atoms with Crippen LogP contribution in [0.5, 0.6) is 0 Å². The monoisotopic (exact) mass is 190 g/mol. The minimum atomic E-state index is -0.167. The van der Waals surface area contributed by atoms with Gasteiger partial charge in [-0.15, -0.1) is 9.24 Å². The van der Waals surface area contributed by atoms with Gasteiger partial charge < -0.3 is 9.53 Å². The van der Waals surface area contributed by atoms with Gasteiger partial charge in [0, 0.05) is 6.61 Å². The first-order valence-corrected chi connectivity index (χ1v) is 5.43. The molecule has 0 rings (SSSR count). The lowest BCUT2D eigenvalue weighted by Crippen LogP contribution is -2.14. The highest BCUT2D eigenvalue weighted by atomic mass is 31.0. The van der Waals surface area contributed by atoms with Crippen LogP contribution in [0.25, 0.3) is 0 Å². The Morgan fingerprint density at radius 1 is 1.42 bits per heavy atom. The van der Waals surface area contributed by atoms with Crippen molar-refractivity contribution in [3.63, 3.8) is 0 Å². The average Bonchev–Trinajstić information content (AvgIpc) is 2.10. The van der Waals surface area contributed by atoms with Crippen molar-refractivity contribution in [1.29, 1.82) is 0 Å². The zero-order valence-corrected chi connectivity index (χ0v) is 8.95. The minimum absolute atomic E-state index is 0.167. The molecule has 0 aromatic heterocycles. The molecule has 0 heterocycles. The van der Waals surface area contributed by atoms with Gasteiger partial charge in [-0.2, -0.15) is 0 Å². The summed E-state index contributed by atoms with van der Waals surface area (Å²) in [4.78, 5) is 10.4. The Kier molecular flexibility index (Phi) is 9.20. The van der Waals surface area contributed by atoms with Gasteiger partial charge in [-0.05, 0) is 25.9 Å². The molecule has 2 atom stereocenters. The van der Waals surface area contributed by atoms with Gasteiger partial charge in [-0.25, -0.2) is 0 Å². The van der Waals surface area contributed by atoms with E-state index in [1.54, 1.807) is 0 Å². The van der Waals surface area contributed by atoms with Gasteiger partial charge in [-0.3, -0.25) is 0 Å². The molecular formula is C9H19O2P. The molecule has 0 aromatic rings. The lowest BCUT2D eigenvalue weighted by atomic mass is 10.1. The summed E-state index contributed by atoms with van der Waals surface area (Å²) in [5.41, 5.74) is 0. The third-order valence-electron chi connectivity index (χ3n) is 1.73. The number of hydrogen-bond acceptors (Lipinski definition) is 2. The fourth-order valence-electron chi connectivity index (χ4n) is 1.07. The Morgan fingerprint density at radius 3 is 2.67 bits per heavy atom. The first-order chi connectivity index (χ1) is 5.85. The van der Waals surface area contributed by atoms with Crippen LogP contribution in [0.2, 0.25) is 0 Å². The van der Waals surface area contributed by atoms with E-state index in [1.165, 1.54) is 12.8 Å². The van der Waals surface area contributed by atoms with Gasteiger partial charge in [0.05, 0.1) is 0 Å². The predicted octanol–water partition coefficient (Wildman–Crippen LogP) is 2.03. The van der Waals surface area contributed by atoms with Gasteiger partial charge in [0.25, 0.3) is 0 Å². The molecule has 0 fully saturated rings. The van der Waals surface area contributed by atoms with Crippen LogP contribution in [0.4, 0.5) is 0 Å². The van der Waals surface area contributed by atoms with Gasteiger partial charge >= 0.3 is 0 Å². The lowest BCUT2D eigenvalue weighted by Gasteiger charge is -2.08. The van der Waals surface area contributed by atoms with Crippen molar-refractivity contribution in [3.05, 3.63) is 0 Å². The Balaban J connectivity index is 3.25. The average molecular weight is 190 g/mol. The molecule has 0 aliphatic rings. The van der Waals surface area contributed by atoms with Crippen LogP contribution >= 0.6 is 9.24 Å². The second-order valence-corrected chi connectivity index (χ2v) is 3.35. The van der Waals surface area contributed by atoms with Crippen molar-refractivity contribution in [3.8, 4) is 0 Å². The number of ether oxygens (including phenoxy) is 1. The molecule has 2 unspecified atom stereocenters. The van der Waals surface area contributed by atoms with Crippen molar-refractivity contribution in [1.82, 2.24) is 0 Å². The van der Waals surface area contributed by atoms with Gasteiger partial charge in [0.1, 0.15) is 12.4 Å². The fraction of sp³-hybridized carbons (Fsp3) is 0.889. The standard InChI is InChI=1S/C9H19O2P/c1-2-11-9(8-10)6-4-3-5-7-12/h8-9H,2-7,12H2,1H3. The maximum absolute atomic E-state index is 10.4. The molecule has 0 aliphatic heterocycles. The van der Waals surface area contributed by atoms with E-state index in [9.17, 15) is 4.79 Å². The van der Waals surface area contributed by atoms with Crippen LogP contribution in [-0.4, -0.2) is 25.2 Å². The highest BCUT2D eigenvalue weighted by Gasteiger charge is 2.04. The van der Waals surface area contributed by atoms with Crippen LogP contribution in [0.1, 0.15) is 32.6 Å². The molecule has 0 N–H and O–H groups in total. The van der Waals surface area contributed by atoms with Crippen molar-refractivity contribution < 1.29 is 9.53 Å². The highest BCUT2D eigenvalue weighted by molar-refractivity contribution is 7.16. The summed E-state index contributed by atoms with van der Waals surface area (Å²) in [6, 6.07) is 0. The van der Waals surface area contributed by atoms with Crippen LogP contribution in [0, 0.1) is 0 Å². The molecule has 12 heavy (non-hydrogen) atoms. The molecule has 0 aromatic carbocycles. The molecule has 0 saturated carbocycles. The van der Waals surface area contributed by atoms with E-state index in [0.29, 0.717) is 6.61 Å². The topological polar surface area (TPSA) is 26.3 Å². The largest absolute Gasteiger partial charge is 0.371 e. The fourth-order valence-corrected chi connectivity index (χ4v) is 1.36. The Bertz CT molecular complexity index is 107. The van der Waals surface area contributed by atoms with Crippen LogP contribution in [0.15, 0.2) is 0 Å². The lowest BCUT2D eigenvalue weighted by molar-refractivity contribution is -0.118. The molecule has 0 aliphatic carbocycles. The molecule has 0 saturated heterocycles. The SMILES string of the molecule is CCOC(C=O)CCCCCP. The number of aldehydes is 1. The molecule has 0 radical (unpaired) electrons. The molecule has 2 nitrogen and oxygen atoms in total. The summed E-state index contributed by atoms with van der Waals surface area (Å²) in [5, 5.41) is 0. The smallest absolute Gasteiger partial charge is 0.148 e. The summed E-state index contributed by atoms with van der Waals surface area (Å²) >= 11 is 0. The summed E-state index contributed by atoms with van der Waals surface area (Å²) in [6.07, 6.45) is 6.28. The maximum Gasteiger partial charge on any atom is 0.148 e. The summed E-state index contributed by atoms with van der Waals surface area (Å²) < 4.78 is 5.20. The van der Waals surface area contributed by atoms with Gasteiger partial charge in [0.2, 0.25) is 0 Å². The minimum Gasteiger partial charge on any atom is -0.371 e.